The van der Waals surface area contributed by atoms with E-state index in [9.17, 15) is 9.18 Å². The van der Waals surface area contributed by atoms with Gasteiger partial charge in [-0.1, -0.05) is 0 Å². The quantitative estimate of drug-likeness (QED) is 0.908. The highest BCUT2D eigenvalue weighted by Crippen LogP contribution is 2.20. The van der Waals surface area contributed by atoms with Crippen LogP contribution in [0.2, 0.25) is 0 Å². The van der Waals surface area contributed by atoms with E-state index >= 15 is 0 Å². The van der Waals surface area contributed by atoms with Crippen molar-refractivity contribution in [1.82, 2.24) is 15.3 Å². The Morgan fingerprint density at radius 1 is 1.29 bits per heavy atom. The molecule has 6 heteroatoms. The van der Waals surface area contributed by atoms with Crippen molar-refractivity contribution >= 4 is 11.6 Å². The molecule has 1 aliphatic rings. The average molecular weight is 286 g/mol. The van der Waals surface area contributed by atoms with Gasteiger partial charge in [-0.15, -0.1) is 0 Å². The van der Waals surface area contributed by atoms with Crippen molar-refractivity contribution in [3.05, 3.63) is 53.9 Å². The second-order valence-corrected chi connectivity index (χ2v) is 4.94. The number of nitrogens with zero attached hydrogens (tertiary/aromatic N) is 2. The molecule has 0 unspecified atom stereocenters. The fourth-order valence-electron chi connectivity index (χ4n) is 2.32. The van der Waals surface area contributed by atoms with Crippen molar-refractivity contribution in [2.45, 2.75) is 18.9 Å². The molecule has 2 aromatic rings. The van der Waals surface area contributed by atoms with Gasteiger partial charge >= 0.3 is 0 Å². The highest BCUT2D eigenvalue weighted by atomic mass is 19.1. The van der Waals surface area contributed by atoms with Crippen LogP contribution in [0.3, 0.4) is 0 Å². The number of amides is 1. The Balaban J connectivity index is 1.74. The van der Waals surface area contributed by atoms with Crippen molar-refractivity contribution in [1.29, 1.82) is 0 Å². The van der Waals surface area contributed by atoms with Crippen LogP contribution >= 0.6 is 0 Å². The summed E-state index contributed by atoms with van der Waals surface area (Å²) >= 11 is 0. The van der Waals surface area contributed by atoms with Gasteiger partial charge in [-0.25, -0.2) is 9.37 Å². The van der Waals surface area contributed by atoms with Crippen molar-refractivity contribution in [2.24, 2.45) is 0 Å². The molecule has 2 N–H and O–H groups in total. The molecule has 1 saturated heterocycles. The molecule has 5 nitrogen and oxygen atoms in total. The summed E-state index contributed by atoms with van der Waals surface area (Å²) in [6.07, 6.45) is 5.20. The summed E-state index contributed by atoms with van der Waals surface area (Å²) in [5.41, 5.74) is 1.55. The van der Waals surface area contributed by atoms with Gasteiger partial charge in [0.25, 0.3) is 5.91 Å². The molecule has 0 radical (unpaired) electrons. The van der Waals surface area contributed by atoms with Gasteiger partial charge in [0.05, 0.1) is 24.1 Å². The summed E-state index contributed by atoms with van der Waals surface area (Å²) in [6.45, 7) is 0.957. The Morgan fingerprint density at radius 2 is 2.10 bits per heavy atom. The van der Waals surface area contributed by atoms with E-state index in [-0.39, 0.29) is 23.5 Å². The number of aromatic nitrogens is 2. The van der Waals surface area contributed by atoms with Gasteiger partial charge in [0.1, 0.15) is 11.5 Å². The summed E-state index contributed by atoms with van der Waals surface area (Å²) in [5, 5.41) is 5.99. The zero-order valence-electron chi connectivity index (χ0n) is 11.3. The summed E-state index contributed by atoms with van der Waals surface area (Å²) in [4.78, 5) is 20.6. The van der Waals surface area contributed by atoms with Crippen LogP contribution in [0.25, 0.3) is 0 Å². The lowest BCUT2D eigenvalue weighted by molar-refractivity contribution is 0.102. The summed E-state index contributed by atoms with van der Waals surface area (Å²) in [5.74, 6) is -0.698. The van der Waals surface area contributed by atoms with E-state index in [1.165, 1.54) is 30.5 Å². The van der Waals surface area contributed by atoms with Gasteiger partial charge < -0.3 is 10.6 Å². The number of carbonyl (C=O) groups is 1. The molecular weight excluding hydrogens is 271 g/mol. The van der Waals surface area contributed by atoms with Crippen LogP contribution < -0.4 is 10.6 Å². The zero-order chi connectivity index (χ0) is 14.7. The smallest absolute Gasteiger partial charge is 0.275 e. The minimum Gasteiger partial charge on any atom is -0.321 e. The second-order valence-electron chi connectivity index (χ2n) is 4.94. The minimum atomic E-state index is -0.353. The first-order valence-electron chi connectivity index (χ1n) is 6.84. The first-order chi connectivity index (χ1) is 10.2. The number of anilines is 1. The standard InChI is InChI=1S/C15H15FN4O/c16-10-3-5-11(6-4-10)19-15(21)14-9-17-8-13(20-14)12-2-1-7-18-12/h3-6,8-9,12,18H,1-2,7H2,(H,19,21)/t12-/m1/s1. The highest BCUT2D eigenvalue weighted by molar-refractivity contribution is 6.02. The number of hydrogen-bond acceptors (Lipinski definition) is 4. The van der Waals surface area contributed by atoms with Crippen molar-refractivity contribution < 1.29 is 9.18 Å². The molecule has 1 aliphatic heterocycles. The number of hydrogen-bond donors (Lipinski definition) is 2. The Kier molecular flexibility index (Phi) is 3.87. The van der Waals surface area contributed by atoms with Crippen molar-refractivity contribution in [3.63, 3.8) is 0 Å². The zero-order valence-corrected chi connectivity index (χ0v) is 11.3. The summed E-state index contributed by atoms with van der Waals surface area (Å²) in [6, 6.07) is 5.75. The Morgan fingerprint density at radius 3 is 2.81 bits per heavy atom. The maximum absolute atomic E-state index is 12.8. The van der Waals surface area contributed by atoms with Crippen LogP contribution in [0.1, 0.15) is 35.1 Å². The Bertz CT molecular complexity index is 638. The van der Waals surface area contributed by atoms with Gasteiger partial charge in [-0.05, 0) is 43.7 Å². The fraction of sp³-hybridized carbons (Fsp3) is 0.267. The molecular formula is C15H15FN4O. The number of carbonyl (C=O) groups excluding carboxylic acids is 1. The molecule has 1 aromatic carbocycles. The number of nitrogens with one attached hydrogen (secondary N) is 2. The second kappa shape index (κ2) is 5.97. The van der Waals surface area contributed by atoms with Crippen molar-refractivity contribution in [2.75, 3.05) is 11.9 Å². The lowest BCUT2D eigenvalue weighted by Crippen LogP contribution is -2.19. The fourth-order valence-corrected chi connectivity index (χ4v) is 2.32. The van der Waals surface area contributed by atoms with E-state index in [2.05, 4.69) is 20.6 Å². The van der Waals surface area contributed by atoms with Crippen LogP contribution in [0.4, 0.5) is 10.1 Å². The molecule has 3 rings (SSSR count). The first-order valence-corrected chi connectivity index (χ1v) is 6.84. The van der Waals surface area contributed by atoms with Gasteiger partial charge in [-0.3, -0.25) is 9.78 Å². The van der Waals surface area contributed by atoms with Gasteiger partial charge in [0, 0.05) is 5.69 Å². The molecule has 0 aliphatic carbocycles. The molecule has 0 spiro atoms. The largest absolute Gasteiger partial charge is 0.321 e. The van der Waals surface area contributed by atoms with Crippen LogP contribution in [0, 0.1) is 5.82 Å². The van der Waals surface area contributed by atoms with E-state index in [1.54, 1.807) is 6.20 Å². The predicted octanol–water partition coefficient (Wildman–Crippen LogP) is 2.29. The summed E-state index contributed by atoms with van der Waals surface area (Å²) < 4.78 is 12.8. The molecule has 108 valence electrons. The Hall–Kier alpha value is -2.34. The summed E-state index contributed by atoms with van der Waals surface area (Å²) in [7, 11) is 0. The van der Waals surface area contributed by atoms with E-state index in [4.69, 9.17) is 0 Å². The lowest BCUT2D eigenvalue weighted by atomic mass is 10.1. The molecule has 21 heavy (non-hydrogen) atoms. The average Bonchev–Trinajstić information content (AvgIpc) is 3.04. The van der Waals surface area contributed by atoms with Crippen LogP contribution in [0.5, 0.6) is 0 Å². The monoisotopic (exact) mass is 286 g/mol. The minimum absolute atomic E-state index is 0.163. The van der Waals surface area contributed by atoms with Crippen LogP contribution in [-0.2, 0) is 0 Å². The Labute approximate surface area is 121 Å². The third kappa shape index (κ3) is 3.22. The van der Waals surface area contributed by atoms with Crippen LogP contribution in [-0.4, -0.2) is 22.4 Å². The molecule has 2 heterocycles. The first kappa shape index (κ1) is 13.6. The number of halogens is 1. The molecule has 1 atom stereocenters. The maximum atomic E-state index is 12.8. The van der Waals surface area contributed by atoms with Crippen LogP contribution in [0.15, 0.2) is 36.7 Å². The third-order valence-corrected chi connectivity index (χ3v) is 3.41. The van der Waals surface area contributed by atoms with Crippen molar-refractivity contribution in [3.8, 4) is 0 Å². The molecule has 1 amide bonds. The number of rotatable bonds is 3. The molecule has 1 fully saturated rings. The predicted molar refractivity (Wildman–Crippen MR) is 76.4 cm³/mol. The molecule has 0 saturated carbocycles. The van der Waals surface area contributed by atoms with E-state index < -0.39 is 0 Å². The van der Waals surface area contributed by atoms with E-state index in [0.29, 0.717) is 5.69 Å². The topological polar surface area (TPSA) is 66.9 Å². The van der Waals surface area contributed by atoms with Gasteiger partial charge in [-0.2, -0.15) is 0 Å². The van der Waals surface area contributed by atoms with E-state index in [0.717, 1.165) is 25.1 Å². The normalized spacial score (nSPS) is 17.7. The third-order valence-electron chi connectivity index (χ3n) is 3.41. The van der Waals surface area contributed by atoms with E-state index in [1.807, 2.05) is 0 Å². The lowest BCUT2D eigenvalue weighted by Gasteiger charge is -2.10. The number of benzene rings is 1. The molecule has 1 aromatic heterocycles. The molecule has 0 bridgehead atoms. The van der Waals surface area contributed by atoms with Gasteiger partial charge in [0.15, 0.2) is 0 Å². The maximum Gasteiger partial charge on any atom is 0.275 e. The van der Waals surface area contributed by atoms with Gasteiger partial charge in [0.2, 0.25) is 0 Å². The SMILES string of the molecule is O=C(Nc1ccc(F)cc1)c1cncc([C@H]2CCCN2)n1. The highest BCUT2D eigenvalue weighted by Gasteiger charge is 2.19.